The highest BCUT2D eigenvalue weighted by Gasteiger charge is 2.20. The van der Waals surface area contributed by atoms with Gasteiger partial charge in [0.25, 0.3) is 0 Å². The van der Waals surface area contributed by atoms with Gasteiger partial charge in [-0.2, -0.15) is 0 Å². The first-order valence-corrected chi connectivity index (χ1v) is 9.79. The van der Waals surface area contributed by atoms with E-state index in [-0.39, 0.29) is 5.91 Å². The number of nitrogens with one attached hydrogen (secondary N) is 1. The number of amides is 1. The zero-order valence-electron chi connectivity index (χ0n) is 15.9. The summed E-state index contributed by atoms with van der Waals surface area (Å²) in [5, 5.41) is 4.48. The number of rotatable bonds is 7. The van der Waals surface area contributed by atoms with Crippen molar-refractivity contribution < 1.29 is 4.79 Å². The Morgan fingerprint density at radius 3 is 2.61 bits per heavy atom. The Hall–Kier alpha value is -2.99. The third-order valence-electron chi connectivity index (χ3n) is 5.11. The summed E-state index contributed by atoms with van der Waals surface area (Å²) in [6.07, 6.45) is 2.26. The molecule has 0 saturated carbocycles. The molecule has 0 spiro atoms. The van der Waals surface area contributed by atoms with Crippen LogP contribution in [0.1, 0.15) is 29.8 Å². The normalized spacial score (nSPS) is 14.0. The molecule has 1 saturated heterocycles. The number of fused-ring (bicyclic) bond motifs is 1. The number of nitrogens with zero attached hydrogens (tertiary/aromatic N) is 3. The molecule has 0 bridgehead atoms. The number of anilines is 1. The lowest BCUT2D eigenvalue weighted by Crippen LogP contribution is -2.24. The second-order valence-electron chi connectivity index (χ2n) is 7.09. The number of aromatic nitrogens is 2. The Morgan fingerprint density at radius 1 is 1.04 bits per heavy atom. The molecular formula is C22H25N5O. The SMILES string of the molecule is NCCc1nc(NCc2ccccc2CN2CCCC2=O)c2ccccc2n1. The van der Waals surface area contributed by atoms with Gasteiger partial charge in [0.1, 0.15) is 11.6 Å². The molecule has 1 aromatic heterocycles. The van der Waals surface area contributed by atoms with E-state index in [1.54, 1.807) is 0 Å². The molecule has 0 atom stereocenters. The number of carbonyl (C=O) groups excluding carboxylic acids is 1. The molecule has 4 rings (SSSR count). The lowest BCUT2D eigenvalue weighted by atomic mass is 10.1. The summed E-state index contributed by atoms with van der Waals surface area (Å²) in [4.78, 5) is 23.2. The van der Waals surface area contributed by atoms with Crippen LogP contribution >= 0.6 is 0 Å². The van der Waals surface area contributed by atoms with Gasteiger partial charge >= 0.3 is 0 Å². The maximum Gasteiger partial charge on any atom is 0.222 e. The van der Waals surface area contributed by atoms with Crippen LogP contribution in [0.5, 0.6) is 0 Å². The van der Waals surface area contributed by atoms with Gasteiger partial charge in [-0.05, 0) is 36.2 Å². The maximum absolute atomic E-state index is 12.0. The Labute approximate surface area is 164 Å². The fourth-order valence-electron chi connectivity index (χ4n) is 3.64. The van der Waals surface area contributed by atoms with Gasteiger partial charge in [0, 0.05) is 37.9 Å². The van der Waals surface area contributed by atoms with E-state index >= 15 is 0 Å². The van der Waals surface area contributed by atoms with Gasteiger partial charge in [-0.25, -0.2) is 9.97 Å². The first-order chi connectivity index (χ1) is 13.7. The standard InChI is InChI=1S/C22H25N5O/c23-12-11-20-25-19-9-4-3-8-18(19)22(26-20)24-14-16-6-1-2-7-17(16)15-27-13-5-10-21(27)28/h1-4,6-9H,5,10-15,23H2,(H,24,25,26). The minimum absolute atomic E-state index is 0.246. The molecule has 6 nitrogen and oxygen atoms in total. The first-order valence-electron chi connectivity index (χ1n) is 9.79. The second kappa shape index (κ2) is 8.35. The molecule has 0 radical (unpaired) electrons. The van der Waals surface area contributed by atoms with Crippen molar-refractivity contribution in [2.24, 2.45) is 5.73 Å². The summed E-state index contributed by atoms with van der Waals surface area (Å²) in [6, 6.07) is 16.3. The van der Waals surface area contributed by atoms with Crippen LogP contribution in [-0.4, -0.2) is 33.9 Å². The zero-order valence-corrected chi connectivity index (χ0v) is 15.9. The van der Waals surface area contributed by atoms with E-state index in [9.17, 15) is 4.79 Å². The number of para-hydroxylation sites is 1. The van der Waals surface area contributed by atoms with E-state index in [4.69, 9.17) is 5.73 Å². The Balaban J connectivity index is 1.57. The summed E-state index contributed by atoms with van der Waals surface area (Å²) in [6.45, 7) is 2.67. The van der Waals surface area contributed by atoms with Gasteiger partial charge < -0.3 is 16.0 Å². The van der Waals surface area contributed by atoms with Crippen LogP contribution in [0.15, 0.2) is 48.5 Å². The van der Waals surface area contributed by atoms with Gasteiger partial charge in [0.2, 0.25) is 5.91 Å². The summed E-state index contributed by atoms with van der Waals surface area (Å²) in [7, 11) is 0. The van der Waals surface area contributed by atoms with Gasteiger partial charge in [0.05, 0.1) is 5.52 Å². The third kappa shape index (κ3) is 3.97. The summed E-state index contributed by atoms with van der Waals surface area (Å²) in [5.41, 5.74) is 8.96. The molecule has 2 heterocycles. The van der Waals surface area contributed by atoms with Crippen molar-refractivity contribution in [2.75, 3.05) is 18.4 Å². The fourth-order valence-corrected chi connectivity index (χ4v) is 3.64. The van der Waals surface area contributed by atoms with Crippen molar-refractivity contribution in [3.05, 3.63) is 65.5 Å². The highest BCUT2D eigenvalue weighted by Crippen LogP contribution is 2.22. The Bertz CT molecular complexity index is 988. The highest BCUT2D eigenvalue weighted by molar-refractivity contribution is 5.89. The summed E-state index contributed by atoms with van der Waals surface area (Å²) < 4.78 is 0. The Morgan fingerprint density at radius 2 is 1.82 bits per heavy atom. The van der Waals surface area contributed by atoms with E-state index in [1.807, 2.05) is 41.3 Å². The number of hydrogen-bond donors (Lipinski definition) is 2. The minimum Gasteiger partial charge on any atom is -0.365 e. The summed E-state index contributed by atoms with van der Waals surface area (Å²) >= 11 is 0. The number of benzene rings is 2. The smallest absolute Gasteiger partial charge is 0.222 e. The molecule has 28 heavy (non-hydrogen) atoms. The van der Waals surface area contributed by atoms with E-state index in [2.05, 4.69) is 27.4 Å². The molecule has 1 aliphatic rings. The van der Waals surface area contributed by atoms with Crippen molar-refractivity contribution in [1.29, 1.82) is 0 Å². The number of likely N-dealkylation sites (tertiary alicyclic amines) is 1. The molecule has 3 aromatic rings. The molecular weight excluding hydrogens is 350 g/mol. The van der Waals surface area contributed by atoms with Crippen LogP contribution in [0, 0.1) is 0 Å². The van der Waals surface area contributed by atoms with Crippen molar-refractivity contribution >= 4 is 22.6 Å². The molecule has 6 heteroatoms. The minimum atomic E-state index is 0.246. The fraction of sp³-hybridized carbons (Fsp3) is 0.318. The Kier molecular flexibility index (Phi) is 5.48. The average Bonchev–Trinajstić information content (AvgIpc) is 3.12. The van der Waals surface area contributed by atoms with Gasteiger partial charge in [-0.1, -0.05) is 36.4 Å². The predicted octanol–water partition coefficient (Wildman–Crippen LogP) is 2.87. The van der Waals surface area contributed by atoms with Gasteiger partial charge in [-0.15, -0.1) is 0 Å². The second-order valence-corrected chi connectivity index (χ2v) is 7.09. The van der Waals surface area contributed by atoms with Gasteiger partial charge in [-0.3, -0.25) is 4.79 Å². The van der Waals surface area contributed by atoms with E-state index in [0.717, 1.165) is 35.5 Å². The summed E-state index contributed by atoms with van der Waals surface area (Å²) in [5.74, 6) is 1.82. The molecule has 1 aliphatic heterocycles. The van der Waals surface area contributed by atoms with Crippen molar-refractivity contribution in [3.8, 4) is 0 Å². The van der Waals surface area contributed by atoms with Crippen molar-refractivity contribution in [1.82, 2.24) is 14.9 Å². The highest BCUT2D eigenvalue weighted by atomic mass is 16.2. The number of nitrogens with two attached hydrogens (primary N) is 1. The maximum atomic E-state index is 12.0. The lowest BCUT2D eigenvalue weighted by Gasteiger charge is -2.19. The van der Waals surface area contributed by atoms with Crippen LogP contribution in [0.4, 0.5) is 5.82 Å². The predicted molar refractivity (Wildman–Crippen MR) is 111 cm³/mol. The van der Waals surface area contributed by atoms with Gasteiger partial charge in [0.15, 0.2) is 0 Å². The molecule has 3 N–H and O–H groups in total. The van der Waals surface area contributed by atoms with Crippen LogP contribution in [0.3, 0.4) is 0 Å². The number of carbonyl (C=O) groups is 1. The van der Waals surface area contributed by atoms with Crippen LogP contribution in [0.25, 0.3) is 10.9 Å². The largest absolute Gasteiger partial charge is 0.365 e. The monoisotopic (exact) mass is 375 g/mol. The van der Waals surface area contributed by atoms with Crippen LogP contribution in [-0.2, 0) is 24.3 Å². The third-order valence-corrected chi connectivity index (χ3v) is 5.11. The lowest BCUT2D eigenvalue weighted by molar-refractivity contribution is -0.128. The molecule has 2 aromatic carbocycles. The quantitative estimate of drug-likeness (QED) is 0.663. The van der Waals surface area contributed by atoms with E-state index in [0.29, 0.717) is 32.5 Å². The van der Waals surface area contributed by atoms with E-state index < -0.39 is 0 Å². The molecule has 0 aliphatic carbocycles. The average molecular weight is 375 g/mol. The zero-order chi connectivity index (χ0) is 19.3. The van der Waals surface area contributed by atoms with E-state index in [1.165, 1.54) is 11.1 Å². The molecule has 1 amide bonds. The van der Waals surface area contributed by atoms with Crippen LogP contribution < -0.4 is 11.1 Å². The van der Waals surface area contributed by atoms with Crippen molar-refractivity contribution in [3.63, 3.8) is 0 Å². The molecule has 1 fully saturated rings. The number of hydrogen-bond acceptors (Lipinski definition) is 5. The van der Waals surface area contributed by atoms with Crippen LogP contribution in [0.2, 0.25) is 0 Å². The molecule has 0 unspecified atom stereocenters. The van der Waals surface area contributed by atoms with Crippen molar-refractivity contribution in [2.45, 2.75) is 32.4 Å². The first kappa shape index (κ1) is 18.4. The topological polar surface area (TPSA) is 84.1 Å². The molecule has 144 valence electrons.